The molecule has 0 aliphatic carbocycles. The molecule has 2 aromatic rings. The molecule has 0 aliphatic heterocycles. The van der Waals surface area contributed by atoms with E-state index >= 15 is 0 Å². The number of anilines is 1. The van der Waals surface area contributed by atoms with Crippen LogP contribution >= 0.6 is 11.3 Å². The Morgan fingerprint density at radius 3 is 2.80 bits per heavy atom. The SMILES string of the molecule is CCC(NC(=O)c1ccc(NC)c(C)c1)c1nccs1. The fraction of sp³-hybridized carbons (Fsp3) is 0.333. The number of aromatic nitrogens is 1. The third-order valence-electron chi connectivity index (χ3n) is 3.22. The minimum absolute atomic E-state index is 0.0215. The summed E-state index contributed by atoms with van der Waals surface area (Å²) < 4.78 is 0. The largest absolute Gasteiger partial charge is 0.388 e. The number of nitrogens with zero attached hydrogens (tertiary/aromatic N) is 1. The number of hydrogen-bond acceptors (Lipinski definition) is 4. The van der Waals surface area contributed by atoms with Gasteiger partial charge in [0.05, 0.1) is 6.04 Å². The third-order valence-corrected chi connectivity index (χ3v) is 4.11. The van der Waals surface area contributed by atoms with E-state index < -0.39 is 0 Å². The molecule has 0 aliphatic rings. The second-order valence-electron chi connectivity index (χ2n) is 4.58. The Morgan fingerprint density at radius 1 is 1.45 bits per heavy atom. The molecule has 106 valence electrons. The molecule has 1 aromatic carbocycles. The molecule has 4 nitrogen and oxygen atoms in total. The molecular weight excluding hydrogens is 270 g/mol. The van der Waals surface area contributed by atoms with E-state index in [0.717, 1.165) is 22.7 Å². The zero-order valence-electron chi connectivity index (χ0n) is 11.9. The fourth-order valence-corrected chi connectivity index (χ4v) is 2.84. The molecular formula is C15H19N3OS. The van der Waals surface area contributed by atoms with Crippen molar-refractivity contribution in [1.29, 1.82) is 0 Å². The maximum absolute atomic E-state index is 12.3. The summed E-state index contributed by atoms with van der Waals surface area (Å²) in [6.07, 6.45) is 2.59. The summed E-state index contributed by atoms with van der Waals surface area (Å²) >= 11 is 1.57. The van der Waals surface area contributed by atoms with E-state index in [-0.39, 0.29) is 11.9 Å². The number of benzene rings is 1. The highest BCUT2D eigenvalue weighted by molar-refractivity contribution is 7.09. The first-order chi connectivity index (χ1) is 9.65. The van der Waals surface area contributed by atoms with Crippen molar-refractivity contribution in [2.24, 2.45) is 0 Å². The van der Waals surface area contributed by atoms with E-state index in [1.54, 1.807) is 17.5 Å². The molecule has 2 rings (SSSR count). The number of amides is 1. The second-order valence-corrected chi connectivity index (χ2v) is 5.51. The van der Waals surface area contributed by atoms with E-state index in [1.807, 2.05) is 44.5 Å². The molecule has 0 saturated heterocycles. The van der Waals surface area contributed by atoms with Gasteiger partial charge in [0.2, 0.25) is 0 Å². The molecule has 0 spiro atoms. The van der Waals surface area contributed by atoms with Crippen molar-refractivity contribution in [1.82, 2.24) is 10.3 Å². The lowest BCUT2D eigenvalue weighted by atomic mass is 10.1. The summed E-state index contributed by atoms with van der Waals surface area (Å²) in [6, 6.07) is 5.64. The Morgan fingerprint density at radius 2 is 2.25 bits per heavy atom. The van der Waals surface area contributed by atoms with Crippen molar-refractivity contribution >= 4 is 22.9 Å². The molecule has 0 bridgehead atoms. The van der Waals surface area contributed by atoms with Crippen molar-refractivity contribution in [3.05, 3.63) is 45.9 Å². The van der Waals surface area contributed by atoms with Crippen LogP contribution in [0.5, 0.6) is 0 Å². The van der Waals surface area contributed by atoms with Gasteiger partial charge in [-0.05, 0) is 37.1 Å². The number of nitrogens with one attached hydrogen (secondary N) is 2. The van der Waals surface area contributed by atoms with Crippen molar-refractivity contribution in [2.45, 2.75) is 26.3 Å². The number of carbonyl (C=O) groups excluding carboxylic acids is 1. The third kappa shape index (κ3) is 3.17. The number of hydrogen-bond donors (Lipinski definition) is 2. The van der Waals surface area contributed by atoms with Crippen LogP contribution < -0.4 is 10.6 Å². The highest BCUT2D eigenvalue weighted by Crippen LogP contribution is 2.20. The Bertz CT molecular complexity index is 581. The smallest absolute Gasteiger partial charge is 0.251 e. The minimum Gasteiger partial charge on any atom is -0.388 e. The van der Waals surface area contributed by atoms with Crippen LogP contribution in [-0.2, 0) is 0 Å². The molecule has 20 heavy (non-hydrogen) atoms. The normalized spacial score (nSPS) is 11.9. The molecule has 1 atom stereocenters. The average Bonchev–Trinajstić information content (AvgIpc) is 2.98. The van der Waals surface area contributed by atoms with Crippen LogP contribution in [0.1, 0.15) is 40.3 Å². The van der Waals surface area contributed by atoms with Crippen molar-refractivity contribution in [3.8, 4) is 0 Å². The Labute approximate surface area is 123 Å². The van der Waals surface area contributed by atoms with Gasteiger partial charge in [-0.15, -0.1) is 11.3 Å². The van der Waals surface area contributed by atoms with Crippen LogP contribution in [0.4, 0.5) is 5.69 Å². The Balaban J connectivity index is 2.13. The summed E-state index contributed by atoms with van der Waals surface area (Å²) in [5, 5.41) is 9.01. The number of carbonyl (C=O) groups is 1. The molecule has 5 heteroatoms. The molecule has 0 radical (unpaired) electrons. The highest BCUT2D eigenvalue weighted by atomic mass is 32.1. The van der Waals surface area contributed by atoms with Crippen molar-refractivity contribution in [3.63, 3.8) is 0 Å². The van der Waals surface area contributed by atoms with Crippen molar-refractivity contribution in [2.75, 3.05) is 12.4 Å². The van der Waals surface area contributed by atoms with Gasteiger partial charge in [-0.1, -0.05) is 6.92 Å². The van der Waals surface area contributed by atoms with Crippen LogP contribution in [0.2, 0.25) is 0 Å². The fourth-order valence-electron chi connectivity index (χ4n) is 2.07. The van der Waals surface area contributed by atoms with E-state index in [0.29, 0.717) is 5.56 Å². The van der Waals surface area contributed by atoms with Gasteiger partial charge in [-0.3, -0.25) is 4.79 Å². The average molecular weight is 289 g/mol. The molecule has 2 N–H and O–H groups in total. The monoisotopic (exact) mass is 289 g/mol. The van der Waals surface area contributed by atoms with Gasteiger partial charge in [0, 0.05) is 29.9 Å². The topological polar surface area (TPSA) is 54.0 Å². The van der Waals surface area contributed by atoms with Gasteiger partial charge in [0.15, 0.2) is 0 Å². The maximum Gasteiger partial charge on any atom is 0.251 e. The van der Waals surface area contributed by atoms with Crippen LogP contribution in [0.3, 0.4) is 0 Å². The van der Waals surface area contributed by atoms with E-state index in [1.165, 1.54) is 0 Å². The predicted molar refractivity (Wildman–Crippen MR) is 83.3 cm³/mol. The second kappa shape index (κ2) is 6.52. The molecule has 1 heterocycles. The summed E-state index contributed by atoms with van der Waals surface area (Å²) in [7, 11) is 1.87. The number of aryl methyl sites for hydroxylation is 1. The lowest BCUT2D eigenvalue weighted by Crippen LogP contribution is -2.28. The predicted octanol–water partition coefficient (Wildman–Crippen LogP) is 3.37. The van der Waals surface area contributed by atoms with Gasteiger partial charge in [0.1, 0.15) is 5.01 Å². The number of thiazole rings is 1. The van der Waals surface area contributed by atoms with Crippen LogP contribution in [-0.4, -0.2) is 17.9 Å². The molecule has 1 amide bonds. The zero-order chi connectivity index (χ0) is 14.5. The van der Waals surface area contributed by atoms with E-state index in [2.05, 4.69) is 15.6 Å². The Kier molecular flexibility index (Phi) is 4.74. The number of rotatable bonds is 5. The van der Waals surface area contributed by atoms with Gasteiger partial charge < -0.3 is 10.6 Å². The molecule has 1 unspecified atom stereocenters. The Hall–Kier alpha value is -1.88. The van der Waals surface area contributed by atoms with Gasteiger partial charge in [-0.2, -0.15) is 0 Å². The maximum atomic E-state index is 12.3. The highest BCUT2D eigenvalue weighted by Gasteiger charge is 2.16. The lowest BCUT2D eigenvalue weighted by Gasteiger charge is -2.15. The first-order valence-corrected chi connectivity index (χ1v) is 7.52. The zero-order valence-corrected chi connectivity index (χ0v) is 12.8. The van der Waals surface area contributed by atoms with E-state index in [9.17, 15) is 4.79 Å². The summed E-state index contributed by atoms with van der Waals surface area (Å²) in [5.74, 6) is -0.0576. The van der Waals surface area contributed by atoms with Crippen molar-refractivity contribution < 1.29 is 4.79 Å². The minimum atomic E-state index is -0.0576. The summed E-state index contributed by atoms with van der Waals surface area (Å²) in [4.78, 5) is 16.6. The first kappa shape index (κ1) is 14.5. The molecule has 1 aromatic heterocycles. The molecule has 0 fully saturated rings. The summed E-state index contributed by atoms with van der Waals surface area (Å²) in [6.45, 7) is 4.03. The lowest BCUT2D eigenvalue weighted by molar-refractivity contribution is 0.0935. The van der Waals surface area contributed by atoms with Crippen LogP contribution in [0.25, 0.3) is 0 Å². The standard InChI is InChI=1S/C15H19N3OS/c1-4-12(15-17-7-8-20-15)18-14(19)11-5-6-13(16-3)10(2)9-11/h5-9,12,16H,4H2,1-3H3,(H,18,19). The molecule has 0 saturated carbocycles. The first-order valence-electron chi connectivity index (χ1n) is 6.64. The van der Waals surface area contributed by atoms with E-state index in [4.69, 9.17) is 0 Å². The summed E-state index contributed by atoms with van der Waals surface area (Å²) in [5.41, 5.74) is 2.77. The van der Waals surface area contributed by atoms with Gasteiger partial charge >= 0.3 is 0 Å². The van der Waals surface area contributed by atoms with Gasteiger partial charge in [0.25, 0.3) is 5.91 Å². The van der Waals surface area contributed by atoms with Crippen LogP contribution in [0, 0.1) is 6.92 Å². The van der Waals surface area contributed by atoms with Crippen LogP contribution in [0.15, 0.2) is 29.8 Å². The quantitative estimate of drug-likeness (QED) is 0.887. The van der Waals surface area contributed by atoms with Gasteiger partial charge in [-0.25, -0.2) is 4.98 Å².